The standard InChI is InChI=1S/C8H5ClF3NO2S2/c9-7(10)8(11,12)17-16-6-4-2-1-3-5(6)13(14)15/h1-4,7H. The van der Waals surface area contributed by atoms with Gasteiger partial charge in [-0.1, -0.05) is 23.7 Å². The molecule has 0 N–H and O–H groups in total. The summed E-state index contributed by atoms with van der Waals surface area (Å²) < 4.78 is 37.9. The molecule has 3 nitrogen and oxygen atoms in total. The largest absolute Gasteiger partial charge is 0.348 e. The molecule has 0 saturated heterocycles. The first-order valence-electron chi connectivity index (χ1n) is 4.09. The quantitative estimate of drug-likeness (QED) is 0.348. The highest BCUT2D eigenvalue weighted by Gasteiger charge is 2.40. The molecule has 1 aromatic carbocycles. The van der Waals surface area contributed by atoms with Gasteiger partial charge in [-0.25, -0.2) is 4.39 Å². The van der Waals surface area contributed by atoms with Gasteiger partial charge < -0.3 is 0 Å². The molecule has 1 rings (SSSR count). The highest BCUT2D eigenvalue weighted by molar-refractivity contribution is 8.77. The molecule has 0 aromatic heterocycles. The normalized spacial score (nSPS) is 13.4. The van der Waals surface area contributed by atoms with Crippen LogP contribution in [0, 0.1) is 10.1 Å². The van der Waals surface area contributed by atoms with E-state index in [9.17, 15) is 23.3 Å². The van der Waals surface area contributed by atoms with Crippen LogP contribution in [0.2, 0.25) is 0 Å². The van der Waals surface area contributed by atoms with Crippen LogP contribution in [0.5, 0.6) is 0 Å². The zero-order valence-corrected chi connectivity index (χ0v) is 10.4. The van der Waals surface area contributed by atoms with Gasteiger partial charge in [-0.2, -0.15) is 8.78 Å². The van der Waals surface area contributed by atoms with E-state index in [0.717, 1.165) is 0 Å². The van der Waals surface area contributed by atoms with Crippen molar-refractivity contribution in [1.29, 1.82) is 0 Å². The molecule has 0 bridgehead atoms. The van der Waals surface area contributed by atoms with Gasteiger partial charge in [0.15, 0.2) is 0 Å². The number of rotatable bonds is 5. The van der Waals surface area contributed by atoms with Gasteiger partial charge in [-0.15, -0.1) is 0 Å². The van der Waals surface area contributed by atoms with E-state index in [4.69, 9.17) is 0 Å². The van der Waals surface area contributed by atoms with E-state index in [0.29, 0.717) is 10.8 Å². The van der Waals surface area contributed by atoms with Gasteiger partial charge in [0.1, 0.15) is 0 Å². The lowest BCUT2D eigenvalue weighted by molar-refractivity contribution is -0.387. The van der Waals surface area contributed by atoms with E-state index in [2.05, 4.69) is 11.6 Å². The van der Waals surface area contributed by atoms with Crippen molar-refractivity contribution in [3.05, 3.63) is 34.4 Å². The van der Waals surface area contributed by atoms with Crippen LogP contribution in [0.4, 0.5) is 18.9 Å². The highest BCUT2D eigenvalue weighted by atomic mass is 35.5. The molecule has 17 heavy (non-hydrogen) atoms. The number of hydrogen-bond acceptors (Lipinski definition) is 4. The van der Waals surface area contributed by atoms with E-state index >= 15 is 0 Å². The minimum Gasteiger partial charge on any atom is -0.258 e. The van der Waals surface area contributed by atoms with Crippen LogP contribution in [0.3, 0.4) is 0 Å². The van der Waals surface area contributed by atoms with E-state index in [1.165, 1.54) is 24.3 Å². The average molecular weight is 304 g/mol. The van der Waals surface area contributed by atoms with E-state index in [-0.39, 0.29) is 21.4 Å². The zero-order valence-electron chi connectivity index (χ0n) is 7.98. The lowest BCUT2D eigenvalue weighted by atomic mass is 10.3. The summed E-state index contributed by atoms with van der Waals surface area (Å²) in [5.41, 5.74) is -3.16. The predicted octanol–water partition coefficient (Wildman–Crippen LogP) is 4.46. The molecule has 94 valence electrons. The summed E-state index contributed by atoms with van der Waals surface area (Å²) >= 11 is 4.65. The molecular formula is C8H5ClF3NO2S2. The molecule has 1 aromatic rings. The summed E-state index contributed by atoms with van der Waals surface area (Å²) in [7, 11) is 0.255. The number of benzene rings is 1. The Bertz CT molecular complexity index is 420. The van der Waals surface area contributed by atoms with Gasteiger partial charge in [0.25, 0.3) is 5.69 Å². The third-order valence-electron chi connectivity index (χ3n) is 1.56. The topological polar surface area (TPSA) is 43.1 Å². The highest BCUT2D eigenvalue weighted by Crippen LogP contribution is 2.48. The number of alkyl halides is 4. The molecule has 0 aliphatic carbocycles. The lowest BCUT2D eigenvalue weighted by Crippen LogP contribution is -2.19. The molecule has 0 spiro atoms. The van der Waals surface area contributed by atoms with Crippen LogP contribution >= 0.6 is 33.2 Å². The monoisotopic (exact) mass is 303 g/mol. The van der Waals surface area contributed by atoms with Crippen molar-refractivity contribution in [2.45, 2.75) is 15.8 Å². The lowest BCUT2D eigenvalue weighted by Gasteiger charge is -2.14. The third-order valence-corrected chi connectivity index (χ3v) is 4.45. The second kappa shape index (κ2) is 5.83. The Morgan fingerprint density at radius 2 is 2.00 bits per heavy atom. The molecule has 0 amide bonds. The van der Waals surface area contributed by atoms with E-state index in [1.807, 2.05) is 0 Å². The van der Waals surface area contributed by atoms with Gasteiger partial charge in [-0.3, -0.25) is 10.1 Å². The van der Waals surface area contributed by atoms with Crippen molar-refractivity contribution in [3.8, 4) is 0 Å². The van der Waals surface area contributed by atoms with Gasteiger partial charge >= 0.3 is 5.25 Å². The fraction of sp³-hybridized carbons (Fsp3) is 0.250. The number of nitrogens with zero attached hydrogens (tertiary/aromatic N) is 1. The third kappa shape index (κ3) is 3.97. The molecule has 0 saturated carbocycles. The van der Waals surface area contributed by atoms with Crippen molar-refractivity contribution in [2.24, 2.45) is 0 Å². The van der Waals surface area contributed by atoms with Crippen LogP contribution < -0.4 is 0 Å². The predicted molar refractivity (Wildman–Crippen MR) is 62.2 cm³/mol. The number of halogens is 4. The minimum absolute atomic E-state index is 0.0134. The molecule has 0 aliphatic rings. The first-order valence-corrected chi connectivity index (χ1v) is 6.68. The van der Waals surface area contributed by atoms with Crippen molar-refractivity contribution in [3.63, 3.8) is 0 Å². The molecule has 0 aliphatic heterocycles. The molecule has 1 atom stereocenters. The van der Waals surface area contributed by atoms with Crippen LogP contribution in [-0.4, -0.2) is 15.8 Å². The fourth-order valence-electron chi connectivity index (χ4n) is 0.815. The number of hydrogen-bond donors (Lipinski definition) is 0. The van der Waals surface area contributed by atoms with Crippen LogP contribution in [0.15, 0.2) is 29.2 Å². The van der Waals surface area contributed by atoms with Crippen molar-refractivity contribution in [1.82, 2.24) is 0 Å². The summed E-state index contributed by atoms with van der Waals surface area (Å²) in [6.07, 6.45) is 0. The Kier molecular flexibility index (Phi) is 4.96. The maximum atomic E-state index is 12.8. The molecule has 0 radical (unpaired) electrons. The van der Waals surface area contributed by atoms with Gasteiger partial charge in [0.05, 0.1) is 9.82 Å². The fourth-order valence-corrected chi connectivity index (χ4v) is 3.02. The first-order chi connectivity index (χ1) is 7.84. The summed E-state index contributed by atoms with van der Waals surface area (Å²) in [6, 6.07) is 5.34. The molecule has 0 fully saturated rings. The smallest absolute Gasteiger partial charge is 0.258 e. The minimum atomic E-state index is -3.81. The average Bonchev–Trinajstić information content (AvgIpc) is 2.26. The second-order valence-corrected chi connectivity index (χ2v) is 5.45. The Labute approximate surface area is 107 Å². The maximum absolute atomic E-state index is 12.8. The molecule has 1 unspecified atom stereocenters. The summed E-state index contributed by atoms with van der Waals surface area (Å²) in [6.45, 7) is 0. The maximum Gasteiger partial charge on any atom is 0.348 e. The number of nitro groups is 1. The number of para-hydroxylation sites is 1. The Morgan fingerprint density at radius 3 is 2.53 bits per heavy atom. The molecule has 0 heterocycles. The van der Waals surface area contributed by atoms with Crippen molar-refractivity contribution >= 4 is 38.9 Å². The van der Waals surface area contributed by atoms with Gasteiger partial charge in [0, 0.05) is 6.07 Å². The zero-order chi connectivity index (χ0) is 13.1. The van der Waals surface area contributed by atoms with Crippen LogP contribution in [-0.2, 0) is 0 Å². The first kappa shape index (κ1) is 14.5. The van der Waals surface area contributed by atoms with Crippen molar-refractivity contribution < 1.29 is 18.1 Å². The number of nitro benzene ring substituents is 1. The van der Waals surface area contributed by atoms with Gasteiger partial charge in [0.2, 0.25) is 5.63 Å². The Balaban J connectivity index is 2.79. The second-order valence-electron chi connectivity index (χ2n) is 2.75. The van der Waals surface area contributed by atoms with Crippen LogP contribution in [0.1, 0.15) is 0 Å². The summed E-state index contributed by atoms with van der Waals surface area (Å²) in [5.74, 6) is 0. The van der Waals surface area contributed by atoms with E-state index < -0.39 is 15.8 Å². The van der Waals surface area contributed by atoms with Crippen LogP contribution in [0.25, 0.3) is 0 Å². The SMILES string of the molecule is O=[N+]([O-])c1ccccc1SSC(F)(F)C(F)Cl. The van der Waals surface area contributed by atoms with Gasteiger partial charge in [-0.05, 0) is 27.7 Å². The van der Waals surface area contributed by atoms with Crippen molar-refractivity contribution in [2.75, 3.05) is 0 Å². The Morgan fingerprint density at radius 1 is 1.41 bits per heavy atom. The van der Waals surface area contributed by atoms with E-state index in [1.54, 1.807) is 0 Å². The Hall–Kier alpha value is -0.600. The summed E-state index contributed by atoms with van der Waals surface area (Å²) in [5, 5.41) is 6.77. The summed E-state index contributed by atoms with van der Waals surface area (Å²) in [4.78, 5) is 9.89. The molecule has 9 heteroatoms. The molecular weight excluding hydrogens is 299 g/mol.